The average molecular weight is 529 g/mol. The van der Waals surface area contributed by atoms with E-state index in [9.17, 15) is 0 Å². The third-order valence-electron chi connectivity index (χ3n) is 5.67. The van der Waals surface area contributed by atoms with Crippen LogP contribution in [0.4, 0.5) is 0 Å². The van der Waals surface area contributed by atoms with Crippen LogP contribution in [0, 0.1) is 0 Å². The van der Waals surface area contributed by atoms with Gasteiger partial charge in [-0.25, -0.2) is 9.97 Å². The van der Waals surface area contributed by atoms with Crippen LogP contribution >= 0.6 is 11.3 Å². The molecule has 0 amide bonds. The Bertz CT molecular complexity index is 1750. The van der Waals surface area contributed by atoms with Crippen LogP contribution in [0.5, 0.6) is 0 Å². The lowest BCUT2D eigenvalue weighted by atomic mass is 10.2. The summed E-state index contributed by atoms with van der Waals surface area (Å²) < 4.78 is 11.9. The van der Waals surface area contributed by atoms with Crippen molar-refractivity contribution in [3.05, 3.63) is 97.3 Å². The van der Waals surface area contributed by atoms with Gasteiger partial charge in [-0.3, -0.25) is 9.97 Å². The smallest absolute Gasteiger partial charge is 0.266 e. The zero-order valence-corrected chi connectivity index (χ0v) is 20.9. The fraction of sp³-hybridized carbons (Fsp3) is 0. The summed E-state index contributed by atoms with van der Waals surface area (Å²) in [6.45, 7) is 0. The lowest BCUT2D eigenvalue weighted by molar-refractivity contribution is 0.583. The third kappa shape index (κ3) is 4.58. The fourth-order valence-electron chi connectivity index (χ4n) is 3.84. The van der Waals surface area contributed by atoms with Gasteiger partial charge in [-0.2, -0.15) is 0 Å². The quantitative estimate of drug-likeness (QED) is 0.250. The van der Waals surface area contributed by atoms with Gasteiger partial charge in [-0.05, 0) is 60.7 Å². The zero-order valence-electron chi connectivity index (χ0n) is 20.0. The van der Waals surface area contributed by atoms with Gasteiger partial charge in [0.25, 0.3) is 23.6 Å². The van der Waals surface area contributed by atoms with Crippen molar-refractivity contribution >= 4 is 11.3 Å². The van der Waals surface area contributed by atoms with Gasteiger partial charge in [0, 0.05) is 12.4 Å². The molecule has 0 aromatic carbocycles. The van der Waals surface area contributed by atoms with E-state index >= 15 is 0 Å². The normalized spacial score (nSPS) is 11.1. The fourth-order valence-corrected chi connectivity index (χ4v) is 4.69. The molecule has 0 aliphatic heterocycles. The second-order valence-corrected chi connectivity index (χ2v) is 9.32. The van der Waals surface area contributed by atoms with Crippen LogP contribution in [0.2, 0.25) is 0 Å². The topological polar surface area (TPSA) is 129 Å². The second kappa shape index (κ2) is 9.80. The third-order valence-corrected chi connectivity index (χ3v) is 6.73. The minimum Gasteiger partial charge on any atom is -0.414 e. The highest BCUT2D eigenvalue weighted by Crippen LogP contribution is 2.35. The Hall–Kier alpha value is -5.42. The summed E-state index contributed by atoms with van der Waals surface area (Å²) in [7, 11) is 0. The molecule has 0 unspecified atom stereocenters. The Morgan fingerprint density at radius 2 is 0.846 bits per heavy atom. The van der Waals surface area contributed by atoms with Crippen LogP contribution in [0.25, 0.3) is 67.5 Å². The summed E-state index contributed by atoms with van der Waals surface area (Å²) in [4.78, 5) is 19.5. The number of hydrogen-bond donors (Lipinski definition) is 0. The molecule has 0 N–H and O–H groups in total. The first-order chi connectivity index (χ1) is 19.3. The molecule has 10 nitrogen and oxygen atoms in total. The van der Waals surface area contributed by atoms with E-state index in [1.165, 1.54) is 11.3 Å². The molecule has 0 fully saturated rings. The van der Waals surface area contributed by atoms with Gasteiger partial charge in [0.2, 0.25) is 0 Å². The number of thiophene rings is 1. The molecule has 0 aliphatic rings. The summed E-state index contributed by atoms with van der Waals surface area (Å²) in [5, 5.41) is 16.8. The highest BCUT2D eigenvalue weighted by molar-refractivity contribution is 7.18. The molecular formula is C28H16N8O2S. The highest BCUT2D eigenvalue weighted by atomic mass is 32.1. The van der Waals surface area contributed by atoms with Crippen LogP contribution < -0.4 is 0 Å². The van der Waals surface area contributed by atoms with Crippen LogP contribution in [0.1, 0.15) is 0 Å². The minimum absolute atomic E-state index is 0.316. The molecule has 11 heteroatoms. The van der Waals surface area contributed by atoms with Crippen LogP contribution in [-0.4, -0.2) is 40.3 Å². The second-order valence-electron chi connectivity index (χ2n) is 8.23. The zero-order chi connectivity index (χ0) is 26.0. The van der Waals surface area contributed by atoms with Crippen LogP contribution in [0.15, 0.2) is 106 Å². The van der Waals surface area contributed by atoms with E-state index in [4.69, 9.17) is 8.83 Å². The molecule has 7 heterocycles. The van der Waals surface area contributed by atoms with Crippen molar-refractivity contribution in [1.29, 1.82) is 0 Å². The number of rotatable bonds is 6. The lowest BCUT2D eigenvalue weighted by Crippen LogP contribution is -1.89. The molecule has 0 spiro atoms. The van der Waals surface area contributed by atoms with Gasteiger partial charge in [-0.15, -0.1) is 31.7 Å². The van der Waals surface area contributed by atoms with E-state index < -0.39 is 0 Å². The largest absolute Gasteiger partial charge is 0.414 e. The van der Waals surface area contributed by atoms with Gasteiger partial charge >= 0.3 is 0 Å². The summed E-state index contributed by atoms with van der Waals surface area (Å²) in [6.07, 6.45) is 3.45. The number of pyridine rings is 4. The van der Waals surface area contributed by atoms with E-state index in [1.807, 2.05) is 84.9 Å². The van der Waals surface area contributed by atoms with Crippen LogP contribution in [-0.2, 0) is 0 Å². The summed E-state index contributed by atoms with van der Waals surface area (Å²) in [5.41, 5.74) is 4.10. The lowest BCUT2D eigenvalue weighted by Gasteiger charge is -2.00. The van der Waals surface area contributed by atoms with E-state index in [0.717, 1.165) is 32.5 Å². The predicted molar refractivity (Wildman–Crippen MR) is 144 cm³/mol. The molecule has 0 radical (unpaired) electrons. The van der Waals surface area contributed by atoms with Gasteiger partial charge in [0.05, 0.1) is 32.5 Å². The number of hydrogen-bond acceptors (Lipinski definition) is 11. The molecule has 0 atom stereocenters. The molecule has 0 bridgehead atoms. The first kappa shape index (κ1) is 22.8. The molecule has 0 saturated carbocycles. The van der Waals surface area contributed by atoms with Crippen LogP contribution in [0.3, 0.4) is 0 Å². The first-order valence-electron chi connectivity index (χ1n) is 11.9. The SMILES string of the molecule is c1ccc(-c2cccc(-c3nnc(-c4ccc(-c5nnc(-c6cccc(-c7ccccn7)n6)o5)s4)o3)n2)nc1. The molecular weight excluding hydrogens is 512 g/mol. The first-order valence-corrected chi connectivity index (χ1v) is 12.7. The van der Waals surface area contributed by atoms with Gasteiger partial charge in [0.15, 0.2) is 0 Å². The molecule has 7 aromatic rings. The summed E-state index contributed by atoms with van der Waals surface area (Å²) in [6, 6.07) is 26.3. The van der Waals surface area contributed by atoms with Gasteiger partial charge in [0.1, 0.15) is 11.4 Å². The maximum absolute atomic E-state index is 5.95. The van der Waals surface area contributed by atoms with Gasteiger partial charge < -0.3 is 8.83 Å². The molecule has 0 aliphatic carbocycles. The van der Waals surface area contributed by atoms with E-state index in [1.54, 1.807) is 12.4 Å². The maximum atomic E-state index is 5.95. The Kier molecular flexibility index (Phi) is 5.72. The predicted octanol–water partition coefficient (Wildman–Crippen LogP) is 6.10. The van der Waals surface area contributed by atoms with Crippen molar-refractivity contribution in [1.82, 2.24) is 40.3 Å². The van der Waals surface area contributed by atoms with E-state index in [-0.39, 0.29) is 0 Å². The molecule has 7 rings (SSSR count). The Morgan fingerprint density at radius 3 is 1.31 bits per heavy atom. The summed E-state index contributed by atoms with van der Waals surface area (Å²) >= 11 is 1.40. The van der Waals surface area contributed by atoms with Crippen molar-refractivity contribution in [3.8, 4) is 67.5 Å². The van der Waals surface area contributed by atoms with Gasteiger partial charge in [-0.1, -0.05) is 24.3 Å². The number of nitrogens with zero attached hydrogens (tertiary/aromatic N) is 8. The molecule has 0 saturated heterocycles. The Morgan fingerprint density at radius 1 is 0.410 bits per heavy atom. The molecule has 39 heavy (non-hydrogen) atoms. The molecule has 186 valence electrons. The maximum Gasteiger partial charge on any atom is 0.266 e. The van der Waals surface area contributed by atoms with Crippen molar-refractivity contribution < 1.29 is 8.83 Å². The Balaban J connectivity index is 1.13. The van der Waals surface area contributed by atoms with Crippen molar-refractivity contribution in [3.63, 3.8) is 0 Å². The monoisotopic (exact) mass is 528 g/mol. The van der Waals surface area contributed by atoms with Crippen molar-refractivity contribution in [2.75, 3.05) is 0 Å². The van der Waals surface area contributed by atoms with Crippen molar-refractivity contribution in [2.24, 2.45) is 0 Å². The Labute approximate surface area is 225 Å². The standard InChI is InChI=1S/C28H16N8O2S/c1-3-15-29-17(7-1)19-9-5-11-21(31-19)25-33-35-27(37-25)23-13-14-24(39-23)28-36-34-26(38-28)22-12-6-10-20(32-22)18-8-2-4-16-30-18/h1-16H. The van der Waals surface area contributed by atoms with E-state index in [0.29, 0.717) is 35.0 Å². The highest BCUT2D eigenvalue weighted by Gasteiger charge is 2.18. The minimum atomic E-state index is 0.316. The summed E-state index contributed by atoms with van der Waals surface area (Å²) in [5.74, 6) is 1.37. The number of aromatic nitrogens is 8. The van der Waals surface area contributed by atoms with Crippen molar-refractivity contribution in [2.45, 2.75) is 0 Å². The van der Waals surface area contributed by atoms with E-state index in [2.05, 4.69) is 40.3 Å². The molecule has 7 aromatic heterocycles. The average Bonchev–Trinajstić information content (AvgIpc) is 3.79.